The van der Waals surface area contributed by atoms with Crippen molar-refractivity contribution in [3.05, 3.63) is 516 Å². The topological polar surface area (TPSA) is 116 Å². The lowest BCUT2D eigenvalue weighted by Gasteiger charge is -2.16. The maximum Gasteiger partial charge on any atom is 0.164 e. The maximum atomic E-state index is 5.05. The molecule has 0 N–H and O–H groups in total. The number of fused-ring (bicyclic) bond motifs is 21. The molecule has 3 aromatic heterocycles. The van der Waals surface area contributed by atoms with E-state index in [1.807, 2.05) is 158 Å². The fourth-order valence-electron chi connectivity index (χ4n) is 20.8. The zero-order valence-corrected chi connectivity index (χ0v) is 78.1. The molecule has 0 amide bonds. The second-order valence-corrected chi connectivity index (χ2v) is 36.5. The fourth-order valence-corrected chi connectivity index (χ4v) is 20.8. The van der Waals surface area contributed by atoms with Crippen LogP contribution in [0.3, 0.4) is 0 Å². The van der Waals surface area contributed by atoms with Gasteiger partial charge in [0.2, 0.25) is 0 Å². The van der Waals surface area contributed by atoms with Crippen molar-refractivity contribution < 1.29 is 0 Å². The molecule has 9 heteroatoms. The molecule has 0 unspecified atom stereocenters. The summed E-state index contributed by atoms with van der Waals surface area (Å²) in [4.78, 5) is 44.4. The molecular weight excluding hydrogens is 1750 g/mol. The smallest absolute Gasteiger partial charge is 0.164 e. The molecule has 3 heterocycles. The molecule has 25 aromatic carbocycles. The second-order valence-electron chi connectivity index (χ2n) is 36.5. The molecule has 0 aliphatic carbocycles. The minimum Gasteiger partial charge on any atom is -0.208 e. The molecule has 0 aliphatic rings. The van der Waals surface area contributed by atoms with Crippen molar-refractivity contribution in [1.82, 2.24) is 44.9 Å². The summed E-state index contributed by atoms with van der Waals surface area (Å²) < 4.78 is 0. The van der Waals surface area contributed by atoms with Crippen molar-refractivity contribution >= 4 is 129 Å². The largest absolute Gasteiger partial charge is 0.208 e. The molecule has 9 nitrogen and oxygen atoms in total. The minimum absolute atomic E-state index is 0.642. The van der Waals surface area contributed by atoms with Gasteiger partial charge in [-0.05, 0) is 192 Å². The van der Waals surface area contributed by atoms with E-state index >= 15 is 0 Å². The van der Waals surface area contributed by atoms with Gasteiger partial charge in [-0.1, -0.05) is 497 Å². The highest BCUT2D eigenvalue weighted by atomic mass is 15.1. The number of nitrogens with zero attached hydrogens (tertiary/aromatic N) is 9. The molecule has 0 bridgehead atoms. The lowest BCUT2D eigenvalue weighted by Crippen LogP contribution is -2.00. The molecule has 28 rings (SSSR count). The van der Waals surface area contributed by atoms with Crippen LogP contribution in [0.1, 0.15) is 0 Å². The van der Waals surface area contributed by atoms with Gasteiger partial charge >= 0.3 is 0 Å². The van der Waals surface area contributed by atoms with E-state index in [0.717, 1.165) is 77.9 Å². The van der Waals surface area contributed by atoms with Crippen LogP contribution in [0.2, 0.25) is 0 Å². The van der Waals surface area contributed by atoms with Gasteiger partial charge in [0.15, 0.2) is 52.4 Å². The van der Waals surface area contributed by atoms with Crippen LogP contribution in [0, 0.1) is 0 Å². The normalized spacial score (nSPS) is 11.5. The Morgan fingerprint density at radius 1 is 0.0903 bits per heavy atom. The lowest BCUT2D eigenvalue weighted by molar-refractivity contribution is 1.07. The number of hydrogen-bond donors (Lipinski definition) is 0. The third-order valence-corrected chi connectivity index (χ3v) is 27.9. The zero-order chi connectivity index (χ0) is 95.3. The molecule has 144 heavy (non-hydrogen) atoms. The van der Waals surface area contributed by atoms with Crippen molar-refractivity contribution in [2.24, 2.45) is 0 Å². The van der Waals surface area contributed by atoms with Crippen molar-refractivity contribution in [1.29, 1.82) is 0 Å². The summed E-state index contributed by atoms with van der Waals surface area (Å²) in [6, 6.07) is 182. The van der Waals surface area contributed by atoms with Gasteiger partial charge in [0.1, 0.15) is 0 Å². The Kier molecular flexibility index (Phi) is 21.8. The molecule has 0 saturated heterocycles. The first-order valence-corrected chi connectivity index (χ1v) is 48.7. The Morgan fingerprint density at radius 3 is 0.778 bits per heavy atom. The second kappa shape index (κ2) is 36.9. The summed E-state index contributed by atoms with van der Waals surface area (Å²) in [5.41, 5.74) is 17.9. The first-order valence-electron chi connectivity index (χ1n) is 48.7. The first-order chi connectivity index (χ1) is 71.3. The van der Waals surface area contributed by atoms with Crippen LogP contribution >= 0.6 is 0 Å². The van der Waals surface area contributed by atoms with Crippen LogP contribution in [0.15, 0.2) is 516 Å². The summed E-state index contributed by atoms with van der Waals surface area (Å²) >= 11 is 0. The summed E-state index contributed by atoms with van der Waals surface area (Å²) in [6.45, 7) is 0. The number of benzene rings is 25. The van der Waals surface area contributed by atoms with E-state index in [4.69, 9.17) is 44.9 Å². The van der Waals surface area contributed by atoms with Crippen LogP contribution < -0.4 is 0 Å². The Balaban J connectivity index is 0.000000110. The summed E-state index contributed by atoms with van der Waals surface area (Å²) in [5.74, 6) is 5.89. The van der Waals surface area contributed by atoms with E-state index in [2.05, 4.69) is 358 Å². The third kappa shape index (κ3) is 16.1. The van der Waals surface area contributed by atoms with E-state index in [1.54, 1.807) is 0 Å². The number of aromatic nitrogens is 9. The Labute approximate surface area is 830 Å². The van der Waals surface area contributed by atoms with Gasteiger partial charge in [-0.2, -0.15) is 0 Å². The molecule has 670 valence electrons. The quantitative estimate of drug-likeness (QED) is 0.104. The molecule has 0 atom stereocenters. The summed E-state index contributed by atoms with van der Waals surface area (Å²) in [7, 11) is 0. The lowest BCUT2D eigenvalue weighted by atomic mass is 9.88. The SMILES string of the molecule is c1ccc(-c2cccc(-c3nc(-c4ccccc4)nc(-c4ccc(-c5cccc6c5ccc5ccc7c8ccccc8ccc7c56)cc4)n3)c2)cc1.c1ccc(-c2nc(-c3ccccc3)nc(-c3ccc(-c4cc5ccc6ccccc6c5c5ccc6ccccc6c45)cc3)n2)cc1.c1ccc(-c2nc(-c3ccccc3)nc(-c3ccc(-c4ccc5c(ccc6c5ccc5ccc7ccccc7c56)c4)cc3)n2)cc1. The highest BCUT2D eigenvalue weighted by molar-refractivity contribution is 6.30. The van der Waals surface area contributed by atoms with Crippen LogP contribution in [0.25, 0.3) is 276 Å². The molecule has 0 fully saturated rings. The third-order valence-electron chi connectivity index (χ3n) is 27.9. The van der Waals surface area contributed by atoms with E-state index in [9.17, 15) is 0 Å². The first kappa shape index (κ1) is 85.1. The predicted octanol–water partition coefficient (Wildman–Crippen LogP) is 35.1. The Bertz CT molecular complexity index is 9730. The van der Waals surface area contributed by atoms with Gasteiger partial charge in [0.05, 0.1) is 0 Å². The predicted molar refractivity (Wildman–Crippen MR) is 600 cm³/mol. The van der Waals surface area contributed by atoms with Crippen molar-refractivity contribution in [3.8, 4) is 147 Å². The van der Waals surface area contributed by atoms with E-state index < -0.39 is 0 Å². The highest BCUT2D eigenvalue weighted by Crippen LogP contribution is 2.46. The minimum atomic E-state index is 0.642. The van der Waals surface area contributed by atoms with E-state index in [1.165, 1.54) is 146 Å². The standard InChI is InChI=1S/C49H31N3.2C43H27N3/c1-3-11-32(12-4-1)38-16-9-17-39(31-38)49-51-47(36-14-5-2-6-15-36)50-48(52-49)37-23-21-34(22-24-37)41-19-10-20-44-42(41)28-26-35-27-29-43-40-18-8-7-13-33(40)25-30-45(43)46(35)44;1-3-13-31(14-4-1)41-44-42(32-15-5-2-6-16-32)46-43(45-41)33-22-19-30(20-23-33)38-27-34-24-21-28-11-7-9-17-35(28)39(34)37-26-25-29-12-8-10-18-36(29)40(37)38;1-3-10-31(11-4-1)41-44-42(32-12-5-2-6-13-32)46-43(45-41)33-19-15-28(16-20-33)34-22-24-36-35(27-34)23-26-39-38(36)25-21-30-18-17-29-9-7-8-14-37(29)40(30)39/h1-31H;2*1-27H. The number of rotatable bonds is 13. The average Bonchev–Trinajstić information content (AvgIpc) is 0.729. The molecule has 0 spiro atoms. The molecule has 0 radical (unpaired) electrons. The van der Waals surface area contributed by atoms with Gasteiger partial charge in [0.25, 0.3) is 0 Å². The van der Waals surface area contributed by atoms with E-state index in [0.29, 0.717) is 52.4 Å². The van der Waals surface area contributed by atoms with Gasteiger partial charge < -0.3 is 0 Å². The van der Waals surface area contributed by atoms with Crippen LogP contribution in [-0.4, -0.2) is 44.9 Å². The van der Waals surface area contributed by atoms with Crippen LogP contribution in [0.5, 0.6) is 0 Å². The van der Waals surface area contributed by atoms with Gasteiger partial charge in [-0.15, -0.1) is 0 Å². The van der Waals surface area contributed by atoms with Gasteiger partial charge in [-0.25, -0.2) is 44.9 Å². The zero-order valence-electron chi connectivity index (χ0n) is 78.1. The average molecular weight is 1830 g/mol. The van der Waals surface area contributed by atoms with Crippen LogP contribution in [0.4, 0.5) is 0 Å². The maximum absolute atomic E-state index is 5.05. The van der Waals surface area contributed by atoms with Crippen molar-refractivity contribution in [2.75, 3.05) is 0 Å². The fraction of sp³-hybridized carbons (Fsp3) is 0. The highest BCUT2D eigenvalue weighted by Gasteiger charge is 2.22. The van der Waals surface area contributed by atoms with Crippen molar-refractivity contribution in [2.45, 2.75) is 0 Å². The molecule has 28 aromatic rings. The van der Waals surface area contributed by atoms with Crippen LogP contribution in [-0.2, 0) is 0 Å². The Morgan fingerprint density at radius 2 is 0.326 bits per heavy atom. The molecule has 0 saturated carbocycles. The van der Waals surface area contributed by atoms with Gasteiger partial charge in [0, 0.05) is 50.1 Å². The molecular formula is C135H85N9. The summed E-state index contributed by atoms with van der Waals surface area (Å²) in [5, 5.41) is 30.5. The molecule has 0 aliphatic heterocycles. The number of hydrogen-bond acceptors (Lipinski definition) is 9. The van der Waals surface area contributed by atoms with Gasteiger partial charge in [-0.3, -0.25) is 0 Å². The van der Waals surface area contributed by atoms with E-state index in [-0.39, 0.29) is 0 Å². The van der Waals surface area contributed by atoms with Crippen molar-refractivity contribution in [3.63, 3.8) is 0 Å². The Hall–Kier alpha value is -19.4. The monoisotopic (exact) mass is 1830 g/mol. The summed E-state index contributed by atoms with van der Waals surface area (Å²) in [6.07, 6.45) is 0.